The van der Waals surface area contributed by atoms with E-state index in [4.69, 9.17) is 23.2 Å². The number of halogens is 2. The Morgan fingerprint density at radius 2 is 2.00 bits per heavy atom. The topological polar surface area (TPSA) is 26.3 Å². The Morgan fingerprint density at radius 3 is 2.55 bits per heavy atom. The van der Waals surface area contributed by atoms with Crippen molar-refractivity contribution < 1.29 is 9.53 Å². The Bertz CT molecular complexity index is 140. The first-order chi connectivity index (χ1) is 5.24. The van der Waals surface area contributed by atoms with Crippen LogP contribution in [0.3, 0.4) is 0 Å². The fraction of sp³-hybridized carbons (Fsp3) is 0.857. The molecule has 3 unspecified atom stereocenters. The van der Waals surface area contributed by atoms with Gasteiger partial charge in [0, 0.05) is 6.42 Å². The van der Waals surface area contributed by atoms with Gasteiger partial charge < -0.3 is 4.74 Å². The molecule has 1 aliphatic carbocycles. The van der Waals surface area contributed by atoms with Gasteiger partial charge in [0.1, 0.15) is 6.10 Å². The van der Waals surface area contributed by atoms with Gasteiger partial charge in [-0.3, -0.25) is 0 Å². The highest BCUT2D eigenvalue weighted by Gasteiger charge is 2.28. The van der Waals surface area contributed by atoms with Crippen LogP contribution in [-0.2, 0) is 9.53 Å². The van der Waals surface area contributed by atoms with Crippen LogP contribution < -0.4 is 0 Å². The molecule has 0 N–H and O–H groups in total. The van der Waals surface area contributed by atoms with Gasteiger partial charge in [0.05, 0.1) is 10.8 Å². The molecule has 4 heteroatoms. The maximum Gasteiger partial charge on any atom is 0.417 e. The molecule has 1 fully saturated rings. The molecule has 63 valence electrons. The second-order valence-corrected chi connectivity index (χ2v) is 3.79. The average molecular weight is 196 g/mol. The molecule has 0 aliphatic heterocycles. The highest BCUT2D eigenvalue weighted by Crippen LogP contribution is 2.28. The summed E-state index contributed by atoms with van der Waals surface area (Å²) in [7, 11) is 0. The molecule has 3 atom stereocenters. The van der Waals surface area contributed by atoms with E-state index in [0.717, 1.165) is 12.8 Å². The maximum atomic E-state index is 9.84. The Hall–Kier alpha value is 0.0500. The Labute approximate surface area is 75.8 Å². The van der Waals surface area contributed by atoms with Gasteiger partial charge >= 0.3 is 6.47 Å². The summed E-state index contributed by atoms with van der Waals surface area (Å²) in [5, 5.41) is -0.0630. The molecule has 2 nitrogen and oxygen atoms in total. The number of rotatable bonds is 2. The van der Waals surface area contributed by atoms with Crippen molar-refractivity contribution in [1.82, 2.24) is 0 Å². The van der Waals surface area contributed by atoms with Crippen molar-refractivity contribution in [2.24, 2.45) is 0 Å². The van der Waals surface area contributed by atoms with Crippen LogP contribution in [0.15, 0.2) is 0 Å². The van der Waals surface area contributed by atoms with Crippen molar-refractivity contribution in [1.29, 1.82) is 0 Å². The average Bonchev–Trinajstić information content (AvgIpc) is 1.98. The SMILES string of the molecule is O=[C]OC1CCC(Cl)C(Cl)C1. The molecule has 0 amide bonds. The van der Waals surface area contributed by atoms with E-state index in [1.54, 1.807) is 0 Å². The van der Waals surface area contributed by atoms with Crippen molar-refractivity contribution in [3.8, 4) is 0 Å². The van der Waals surface area contributed by atoms with Crippen LogP contribution in [0.4, 0.5) is 0 Å². The molecule has 11 heavy (non-hydrogen) atoms. The molecule has 0 heterocycles. The zero-order valence-corrected chi connectivity index (χ0v) is 7.44. The predicted octanol–water partition coefficient (Wildman–Crippen LogP) is 1.84. The number of carbonyl (C=O) groups excluding carboxylic acids is 1. The minimum Gasteiger partial charge on any atom is -0.454 e. The summed E-state index contributed by atoms with van der Waals surface area (Å²) in [6.07, 6.45) is 2.17. The molecule has 0 aromatic carbocycles. The lowest BCUT2D eigenvalue weighted by Crippen LogP contribution is -2.30. The first kappa shape index (κ1) is 9.14. The maximum absolute atomic E-state index is 9.84. The minimum atomic E-state index is -0.0798. The van der Waals surface area contributed by atoms with Crippen molar-refractivity contribution in [3.05, 3.63) is 0 Å². The van der Waals surface area contributed by atoms with Crippen LogP contribution >= 0.6 is 23.2 Å². The fourth-order valence-electron chi connectivity index (χ4n) is 1.22. The van der Waals surface area contributed by atoms with Gasteiger partial charge in [-0.25, -0.2) is 4.79 Å². The van der Waals surface area contributed by atoms with E-state index in [9.17, 15) is 4.79 Å². The molecule has 0 spiro atoms. The van der Waals surface area contributed by atoms with Gasteiger partial charge in [-0.2, -0.15) is 0 Å². The highest BCUT2D eigenvalue weighted by molar-refractivity contribution is 6.30. The number of hydrogen-bond acceptors (Lipinski definition) is 2. The predicted molar refractivity (Wildman–Crippen MR) is 43.7 cm³/mol. The Morgan fingerprint density at radius 1 is 1.27 bits per heavy atom. The number of alkyl halides is 2. The van der Waals surface area contributed by atoms with Gasteiger partial charge in [0.25, 0.3) is 0 Å². The second-order valence-electron chi connectivity index (χ2n) is 2.67. The molecule has 1 saturated carbocycles. The Kier molecular flexibility index (Phi) is 3.46. The summed E-state index contributed by atoms with van der Waals surface area (Å²) in [6, 6.07) is 0. The molecule has 1 rings (SSSR count). The molecular weight excluding hydrogens is 187 g/mol. The van der Waals surface area contributed by atoms with E-state index in [2.05, 4.69) is 4.74 Å². The molecule has 0 aromatic rings. The molecule has 1 aliphatic rings. The number of hydrogen-bond donors (Lipinski definition) is 0. The molecule has 0 saturated heterocycles. The van der Waals surface area contributed by atoms with Gasteiger partial charge in [0.2, 0.25) is 0 Å². The fourth-order valence-corrected chi connectivity index (χ4v) is 1.77. The quantitative estimate of drug-likeness (QED) is 0.630. The van der Waals surface area contributed by atoms with Gasteiger partial charge in [-0.05, 0) is 12.8 Å². The zero-order chi connectivity index (χ0) is 8.27. The summed E-state index contributed by atoms with van der Waals surface area (Å²) in [5.74, 6) is 0. The lowest BCUT2D eigenvalue weighted by atomic mass is 9.97. The van der Waals surface area contributed by atoms with E-state index in [0.29, 0.717) is 6.42 Å². The van der Waals surface area contributed by atoms with Crippen molar-refractivity contribution in [3.63, 3.8) is 0 Å². The molecular formula is C7H9Cl2O2. The third-order valence-corrected chi connectivity index (χ3v) is 2.99. The molecule has 1 radical (unpaired) electrons. The lowest BCUT2D eigenvalue weighted by molar-refractivity contribution is 0.138. The van der Waals surface area contributed by atoms with Crippen LogP contribution in [-0.4, -0.2) is 23.3 Å². The van der Waals surface area contributed by atoms with Gasteiger partial charge in [-0.1, -0.05) is 0 Å². The standard InChI is InChI=1S/C7H9Cl2O2/c8-6-2-1-5(11-4-10)3-7(6)9/h5-7H,1-3H2. The van der Waals surface area contributed by atoms with Crippen molar-refractivity contribution in [2.75, 3.05) is 0 Å². The number of ether oxygens (including phenoxy) is 1. The second kappa shape index (κ2) is 4.17. The third kappa shape index (κ3) is 2.53. The molecule has 0 aromatic heterocycles. The van der Waals surface area contributed by atoms with Crippen LogP contribution in [0.25, 0.3) is 0 Å². The summed E-state index contributed by atoms with van der Waals surface area (Å²) in [5.41, 5.74) is 0. The highest BCUT2D eigenvalue weighted by atomic mass is 35.5. The third-order valence-electron chi connectivity index (χ3n) is 1.86. The van der Waals surface area contributed by atoms with Gasteiger partial charge in [-0.15, -0.1) is 23.2 Å². The van der Waals surface area contributed by atoms with Crippen LogP contribution in [0, 0.1) is 0 Å². The smallest absolute Gasteiger partial charge is 0.417 e. The lowest BCUT2D eigenvalue weighted by Gasteiger charge is -2.27. The van der Waals surface area contributed by atoms with Crippen LogP contribution in [0.1, 0.15) is 19.3 Å². The monoisotopic (exact) mass is 195 g/mol. The minimum absolute atomic E-state index is 0.0168. The van der Waals surface area contributed by atoms with E-state index in [1.807, 2.05) is 0 Å². The first-order valence-corrected chi connectivity index (χ1v) is 4.42. The first-order valence-electron chi connectivity index (χ1n) is 3.55. The summed E-state index contributed by atoms with van der Waals surface area (Å²) in [6.45, 7) is 1.42. The summed E-state index contributed by atoms with van der Waals surface area (Å²) in [4.78, 5) is 9.84. The van der Waals surface area contributed by atoms with E-state index >= 15 is 0 Å². The van der Waals surface area contributed by atoms with E-state index in [1.165, 1.54) is 6.47 Å². The van der Waals surface area contributed by atoms with E-state index < -0.39 is 0 Å². The molecule has 0 bridgehead atoms. The van der Waals surface area contributed by atoms with Gasteiger partial charge in [0.15, 0.2) is 0 Å². The van der Waals surface area contributed by atoms with Crippen LogP contribution in [0.2, 0.25) is 0 Å². The van der Waals surface area contributed by atoms with Crippen molar-refractivity contribution >= 4 is 29.7 Å². The van der Waals surface area contributed by atoms with Crippen molar-refractivity contribution in [2.45, 2.75) is 36.1 Å². The summed E-state index contributed by atoms with van der Waals surface area (Å²) < 4.78 is 4.65. The summed E-state index contributed by atoms with van der Waals surface area (Å²) >= 11 is 11.7. The Balaban J connectivity index is 2.33. The van der Waals surface area contributed by atoms with E-state index in [-0.39, 0.29) is 16.9 Å². The largest absolute Gasteiger partial charge is 0.454 e. The zero-order valence-electron chi connectivity index (χ0n) is 5.93. The van der Waals surface area contributed by atoms with Crippen LogP contribution in [0.5, 0.6) is 0 Å². The normalized spacial score (nSPS) is 38.2.